The maximum absolute atomic E-state index is 10.4. The molecule has 0 fully saturated rings. The largest absolute Gasteiger partial charge is 0.269 e. The molecule has 0 amide bonds. The third-order valence-corrected chi connectivity index (χ3v) is 2.13. The van der Waals surface area contributed by atoms with Crippen LogP contribution in [0, 0.1) is 10.1 Å². The Balaban J connectivity index is 2.35. The molecule has 5 nitrogen and oxygen atoms in total. The van der Waals surface area contributed by atoms with Crippen molar-refractivity contribution in [2.45, 2.75) is 0 Å². The zero-order chi connectivity index (χ0) is 10.8. The number of imidazole rings is 1. The van der Waals surface area contributed by atoms with Crippen LogP contribution in [0.2, 0.25) is 0 Å². The molecule has 2 aromatic rings. The summed E-state index contributed by atoms with van der Waals surface area (Å²) in [6.07, 6.45) is 5.68. The normalized spacial score (nSPS) is 10.2. The third-order valence-electron chi connectivity index (χ3n) is 2.13. The fourth-order valence-corrected chi connectivity index (χ4v) is 1.35. The fourth-order valence-electron chi connectivity index (χ4n) is 1.35. The molecule has 0 aliphatic rings. The van der Waals surface area contributed by atoms with Crippen LogP contribution in [-0.4, -0.2) is 9.49 Å². The molecule has 1 aromatic carbocycles. The maximum atomic E-state index is 10.4. The summed E-state index contributed by atoms with van der Waals surface area (Å²) in [5, 5.41) is 10.4. The summed E-state index contributed by atoms with van der Waals surface area (Å²) in [5.41, 5.74) is 1.01. The second-order valence-electron chi connectivity index (χ2n) is 3.26. The van der Waals surface area contributed by atoms with Crippen molar-refractivity contribution >= 4 is 5.69 Å². The quantitative estimate of drug-likeness (QED) is 0.419. The number of nitro groups is 1. The van der Waals surface area contributed by atoms with Crippen LogP contribution < -0.4 is 4.57 Å². The van der Waals surface area contributed by atoms with Crippen LogP contribution >= 0.6 is 0 Å². The number of non-ortho nitro benzene ring substituents is 1. The van der Waals surface area contributed by atoms with Gasteiger partial charge in [-0.25, -0.2) is 9.13 Å². The van der Waals surface area contributed by atoms with Crippen molar-refractivity contribution < 1.29 is 9.49 Å². The zero-order valence-corrected chi connectivity index (χ0v) is 8.20. The van der Waals surface area contributed by atoms with E-state index in [4.69, 9.17) is 0 Å². The van der Waals surface area contributed by atoms with Gasteiger partial charge in [-0.2, -0.15) is 0 Å². The number of hydrogen-bond donors (Lipinski definition) is 0. The standard InChI is InChI=1S/C10H10N3O2/c1-11-6-7-12(8-11)9-2-4-10(5-3-9)13(14)15/h2-8H,1H3/q+1. The first-order chi connectivity index (χ1) is 7.16. The Labute approximate surface area is 86.4 Å². The van der Waals surface area contributed by atoms with Crippen molar-refractivity contribution in [3.05, 3.63) is 53.1 Å². The Hall–Kier alpha value is -2.17. The lowest BCUT2D eigenvalue weighted by Gasteiger charge is -1.94. The number of benzene rings is 1. The highest BCUT2D eigenvalue weighted by Crippen LogP contribution is 2.14. The first kappa shape index (κ1) is 9.39. The Bertz CT molecular complexity index is 488. The van der Waals surface area contributed by atoms with Crippen LogP contribution in [0.4, 0.5) is 5.69 Å². The van der Waals surface area contributed by atoms with Crippen molar-refractivity contribution in [3.63, 3.8) is 0 Å². The highest BCUT2D eigenvalue weighted by molar-refractivity contribution is 5.40. The molecular weight excluding hydrogens is 194 g/mol. The molecular formula is C10H10N3O2+. The van der Waals surface area contributed by atoms with E-state index in [0.29, 0.717) is 0 Å². The summed E-state index contributed by atoms with van der Waals surface area (Å²) in [4.78, 5) is 10.0. The van der Waals surface area contributed by atoms with Gasteiger partial charge >= 0.3 is 0 Å². The van der Waals surface area contributed by atoms with E-state index >= 15 is 0 Å². The Kier molecular flexibility index (Phi) is 2.21. The molecule has 0 unspecified atom stereocenters. The minimum Gasteiger partial charge on any atom is -0.258 e. The van der Waals surface area contributed by atoms with Crippen LogP contribution in [-0.2, 0) is 7.05 Å². The van der Waals surface area contributed by atoms with E-state index in [0.717, 1.165) is 5.69 Å². The predicted octanol–water partition coefficient (Wildman–Crippen LogP) is 1.21. The molecule has 1 heterocycles. The SMILES string of the molecule is C[n+]1ccn(-c2ccc([N+](=O)[O-])cc2)c1. The monoisotopic (exact) mass is 204 g/mol. The van der Waals surface area contributed by atoms with Gasteiger partial charge in [0.15, 0.2) is 0 Å². The second-order valence-corrected chi connectivity index (χ2v) is 3.26. The van der Waals surface area contributed by atoms with Gasteiger partial charge in [0.25, 0.3) is 5.69 Å². The highest BCUT2D eigenvalue weighted by atomic mass is 16.6. The van der Waals surface area contributed by atoms with E-state index in [2.05, 4.69) is 0 Å². The van der Waals surface area contributed by atoms with Crippen molar-refractivity contribution in [3.8, 4) is 5.69 Å². The minimum absolute atomic E-state index is 0.107. The number of hydrogen-bond acceptors (Lipinski definition) is 2. The van der Waals surface area contributed by atoms with Crippen molar-refractivity contribution in [1.82, 2.24) is 4.57 Å². The van der Waals surface area contributed by atoms with E-state index in [9.17, 15) is 10.1 Å². The average molecular weight is 204 g/mol. The van der Waals surface area contributed by atoms with Crippen LogP contribution in [0.1, 0.15) is 0 Å². The van der Waals surface area contributed by atoms with Gasteiger partial charge in [0, 0.05) is 12.1 Å². The number of rotatable bonds is 2. The molecule has 0 radical (unpaired) electrons. The lowest BCUT2D eigenvalue weighted by molar-refractivity contribution is -0.670. The number of nitrogens with zero attached hydrogens (tertiary/aromatic N) is 3. The molecule has 0 spiro atoms. The molecule has 0 aliphatic heterocycles. The first-order valence-corrected chi connectivity index (χ1v) is 4.45. The second kappa shape index (κ2) is 3.53. The fraction of sp³-hybridized carbons (Fsp3) is 0.100. The van der Waals surface area contributed by atoms with Gasteiger partial charge in [0.2, 0.25) is 6.33 Å². The molecule has 0 N–H and O–H groups in total. The van der Waals surface area contributed by atoms with Crippen molar-refractivity contribution in [2.75, 3.05) is 0 Å². The molecule has 0 saturated carbocycles. The minimum atomic E-state index is -0.403. The smallest absolute Gasteiger partial charge is 0.258 e. The van der Waals surface area contributed by atoms with E-state index in [-0.39, 0.29) is 5.69 Å². The van der Waals surface area contributed by atoms with Gasteiger partial charge in [0.1, 0.15) is 18.1 Å². The molecule has 15 heavy (non-hydrogen) atoms. The van der Waals surface area contributed by atoms with E-state index < -0.39 is 4.92 Å². The van der Waals surface area contributed by atoms with Crippen LogP contribution in [0.3, 0.4) is 0 Å². The Morgan fingerprint density at radius 1 is 1.33 bits per heavy atom. The van der Waals surface area contributed by atoms with Crippen LogP contribution in [0.25, 0.3) is 5.69 Å². The van der Waals surface area contributed by atoms with Crippen molar-refractivity contribution in [1.29, 1.82) is 0 Å². The van der Waals surface area contributed by atoms with Gasteiger partial charge in [-0.15, -0.1) is 0 Å². The topological polar surface area (TPSA) is 52.0 Å². The Morgan fingerprint density at radius 2 is 2.00 bits per heavy atom. The van der Waals surface area contributed by atoms with E-state index in [1.54, 1.807) is 12.1 Å². The molecule has 0 saturated heterocycles. The van der Waals surface area contributed by atoms with Crippen LogP contribution in [0.5, 0.6) is 0 Å². The van der Waals surface area contributed by atoms with E-state index in [1.807, 2.05) is 34.9 Å². The predicted molar refractivity (Wildman–Crippen MR) is 53.6 cm³/mol. The lowest BCUT2D eigenvalue weighted by atomic mass is 10.3. The summed E-state index contributed by atoms with van der Waals surface area (Å²) < 4.78 is 3.80. The van der Waals surface area contributed by atoms with Gasteiger partial charge < -0.3 is 0 Å². The number of nitro benzene ring substituents is 1. The molecule has 0 atom stereocenters. The molecule has 0 aliphatic carbocycles. The number of aromatic nitrogens is 2. The van der Waals surface area contributed by atoms with Gasteiger partial charge in [-0.05, 0) is 12.1 Å². The summed E-state index contributed by atoms with van der Waals surface area (Å²) in [7, 11) is 1.92. The summed E-state index contributed by atoms with van der Waals surface area (Å²) in [5.74, 6) is 0. The first-order valence-electron chi connectivity index (χ1n) is 4.45. The molecule has 0 bridgehead atoms. The van der Waals surface area contributed by atoms with Gasteiger partial charge in [-0.1, -0.05) is 0 Å². The zero-order valence-electron chi connectivity index (χ0n) is 8.20. The molecule has 2 rings (SSSR count). The highest BCUT2D eigenvalue weighted by Gasteiger charge is 2.07. The summed E-state index contributed by atoms with van der Waals surface area (Å²) >= 11 is 0. The number of aryl methyl sites for hydroxylation is 1. The van der Waals surface area contributed by atoms with Crippen LogP contribution in [0.15, 0.2) is 43.0 Å². The maximum Gasteiger partial charge on any atom is 0.269 e. The summed E-state index contributed by atoms with van der Waals surface area (Å²) in [6, 6.07) is 6.43. The molecule has 5 heteroatoms. The Morgan fingerprint density at radius 3 is 2.47 bits per heavy atom. The summed E-state index contributed by atoms with van der Waals surface area (Å²) in [6.45, 7) is 0. The molecule has 76 valence electrons. The van der Waals surface area contributed by atoms with Crippen molar-refractivity contribution in [2.24, 2.45) is 7.05 Å². The van der Waals surface area contributed by atoms with E-state index in [1.165, 1.54) is 12.1 Å². The van der Waals surface area contributed by atoms with Gasteiger partial charge in [-0.3, -0.25) is 10.1 Å². The lowest BCUT2D eigenvalue weighted by Crippen LogP contribution is -2.23. The third kappa shape index (κ3) is 1.85. The average Bonchev–Trinajstić information content (AvgIpc) is 2.65. The molecule has 1 aromatic heterocycles. The van der Waals surface area contributed by atoms with Gasteiger partial charge in [0.05, 0.1) is 12.0 Å².